The fraction of sp³-hybridized carbons (Fsp3) is 0.130. The van der Waals surface area contributed by atoms with E-state index < -0.39 is 30.1 Å². The van der Waals surface area contributed by atoms with E-state index in [1.54, 1.807) is 36.6 Å². The number of benzene rings is 1. The van der Waals surface area contributed by atoms with Crippen LogP contribution in [0.1, 0.15) is 27.6 Å². The van der Waals surface area contributed by atoms with Crippen LogP contribution >= 0.6 is 22.7 Å². The van der Waals surface area contributed by atoms with Crippen LogP contribution in [-0.2, 0) is 14.3 Å². The molecule has 0 fully saturated rings. The van der Waals surface area contributed by atoms with Crippen molar-refractivity contribution < 1.29 is 28.3 Å². The van der Waals surface area contributed by atoms with Crippen molar-refractivity contribution in [2.75, 3.05) is 18.5 Å². The number of carbonyl (C=O) groups is 3. The highest BCUT2D eigenvalue weighted by Crippen LogP contribution is 2.38. The van der Waals surface area contributed by atoms with Crippen LogP contribution in [-0.4, -0.2) is 31.1 Å². The largest absolute Gasteiger partial charge is 0.462 e. The molecule has 0 radical (unpaired) electrons. The van der Waals surface area contributed by atoms with E-state index in [0.717, 1.165) is 16.2 Å². The van der Waals surface area contributed by atoms with Crippen LogP contribution in [0, 0.1) is 0 Å². The summed E-state index contributed by atoms with van der Waals surface area (Å²) in [6.45, 7) is 1.22. The second kappa shape index (κ2) is 9.80. The lowest BCUT2D eigenvalue weighted by molar-refractivity contribution is -0.119. The molecule has 168 valence electrons. The van der Waals surface area contributed by atoms with E-state index in [1.807, 2.05) is 17.5 Å². The third-order valence-corrected chi connectivity index (χ3v) is 6.30. The van der Waals surface area contributed by atoms with Gasteiger partial charge in [0.15, 0.2) is 6.61 Å². The molecule has 8 nitrogen and oxygen atoms in total. The molecule has 1 aromatic carbocycles. The number of thiophene rings is 2. The quantitative estimate of drug-likeness (QED) is 0.303. The first-order valence-corrected chi connectivity index (χ1v) is 11.6. The minimum atomic E-state index is -0.985. The molecule has 33 heavy (non-hydrogen) atoms. The van der Waals surface area contributed by atoms with Crippen molar-refractivity contribution in [3.05, 3.63) is 74.8 Å². The van der Waals surface area contributed by atoms with Crippen LogP contribution in [0.3, 0.4) is 0 Å². The van der Waals surface area contributed by atoms with E-state index in [0.29, 0.717) is 16.5 Å². The highest BCUT2D eigenvalue weighted by atomic mass is 32.1. The molecule has 0 aliphatic carbocycles. The first-order valence-electron chi connectivity index (χ1n) is 9.80. The van der Waals surface area contributed by atoms with E-state index >= 15 is 0 Å². The number of rotatable bonds is 7. The average Bonchev–Trinajstić information content (AvgIpc) is 3.47. The number of carbonyl (C=O) groups excluding carboxylic acids is 3. The van der Waals surface area contributed by atoms with Gasteiger partial charge in [-0.15, -0.1) is 22.7 Å². The first-order chi connectivity index (χ1) is 16.0. The minimum absolute atomic E-state index is 0.178. The molecule has 0 saturated carbocycles. The number of amides is 1. The van der Waals surface area contributed by atoms with Gasteiger partial charge in [-0.05, 0) is 30.5 Å². The van der Waals surface area contributed by atoms with Gasteiger partial charge < -0.3 is 19.2 Å². The lowest BCUT2D eigenvalue weighted by Gasteiger charge is -2.08. The van der Waals surface area contributed by atoms with Crippen molar-refractivity contribution in [1.29, 1.82) is 0 Å². The van der Waals surface area contributed by atoms with Gasteiger partial charge in [0.1, 0.15) is 21.7 Å². The third-order valence-electron chi connectivity index (χ3n) is 4.51. The highest BCUT2D eigenvalue weighted by molar-refractivity contribution is 7.17. The third kappa shape index (κ3) is 4.86. The zero-order chi connectivity index (χ0) is 23.4. The second-order valence-electron chi connectivity index (χ2n) is 6.66. The lowest BCUT2D eigenvalue weighted by Crippen LogP contribution is -2.24. The Morgan fingerprint density at radius 2 is 1.85 bits per heavy atom. The Morgan fingerprint density at radius 1 is 1.03 bits per heavy atom. The van der Waals surface area contributed by atoms with Gasteiger partial charge in [-0.2, -0.15) is 0 Å². The molecule has 4 rings (SSSR count). The maximum Gasteiger partial charge on any atom is 0.351 e. The molecular weight excluding hydrogens is 466 g/mol. The Balaban J connectivity index is 1.48. The van der Waals surface area contributed by atoms with Gasteiger partial charge in [0.05, 0.1) is 6.61 Å². The maximum absolute atomic E-state index is 12.5. The van der Waals surface area contributed by atoms with Crippen molar-refractivity contribution in [3.8, 4) is 10.4 Å². The fourth-order valence-corrected chi connectivity index (χ4v) is 4.83. The highest BCUT2D eigenvalue weighted by Gasteiger charge is 2.24. The summed E-state index contributed by atoms with van der Waals surface area (Å²) in [6.07, 6.45) is 0. The van der Waals surface area contributed by atoms with E-state index in [1.165, 1.54) is 17.4 Å². The zero-order valence-corrected chi connectivity index (χ0v) is 18.9. The topological polar surface area (TPSA) is 112 Å². The minimum Gasteiger partial charge on any atom is -0.462 e. The molecule has 0 unspecified atom stereocenters. The predicted octanol–water partition coefficient (Wildman–Crippen LogP) is 4.56. The van der Waals surface area contributed by atoms with Gasteiger partial charge in [-0.25, -0.2) is 14.4 Å². The molecule has 10 heteroatoms. The van der Waals surface area contributed by atoms with Crippen LogP contribution in [0.5, 0.6) is 0 Å². The first kappa shape index (κ1) is 22.4. The summed E-state index contributed by atoms with van der Waals surface area (Å²) in [5.41, 5.74) is 0.0450. The number of esters is 2. The Labute approximate surface area is 195 Å². The summed E-state index contributed by atoms with van der Waals surface area (Å²) in [6, 6.07) is 11.8. The summed E-state index contributed by atoms with van der Waals surface area (Å²) in [4.78, 5) is 50.3. The predicted molar refractivity (Wildman–Crippen MR) is 125 cm³/mol. The van der Waals surface area contributed by atoms with E-state index in [-0.39, 0.29) is 22.7 Å². The zero-order valence-electron chi connectivity index (χ0n) is 17.3. The summed E-state index contributed by atoms with van der Waals surface area (Å²) in [7, 11) is 0. The maximum atomic E-state index is 12.5. The second-order valence-corrected chi connectivity index (χ2v) is 8.49. The number of ether oxygens (including phenoxy) is 2. The molecule has 0 saturated heterocycles. The van der Waals surface area contributed by atoms with Crippen LogP contribution in [0.25, 0.3) is 21.4 Å². The lowest BCUT2D eigenvalue weighted by atomic mass is 10.1. The van der Waals surface area contributed by atoms with Crippen molar-refractivity contribution >= 4 is 56.5 Å². The molecular formula is C23H17NO7S2. The van der Waals surface area contributed by atoms with Gasteiger partial charge in [0.25, 0.3) is 5.91 Å². The Morgan fingerprint density at radius 3 is 2.61 bits per heavy atom. The molecule has 0 spiro atoms. The van der Waals surface area contributed by atoms with Gasteiger partial charge in [-0.3, -0.25) is 4.79 Å². The summed E-state index contributed by atoms with van der Waals surface area (Å²) < 4.78 is 15.3. The standard InChI is InChI=1S/C23H17NO7S2/c1-2-29-23(28)19-15(17-8-5-9-32-17)12-33-20(19)24-18(25)11-30-21(26)14-10-13-6-3-4-7-16(13)31-22(14)27/h3-10,12H,2,11H2,1H3,(H,24,25). The smallest absolute Gasteiger partial charge is 0.351 e. The molecule has 0 aliphatic rings. The van der Waals surface area contributed by atoms with Crippen LogP contribution in [0.15, 0.2) is 62.4 Å². The summed E-state index contributed by atoms with van der Waals surface area (Å²) in [5, 5.41) is 7.04. The van der Waals surface area contributed by atoms with Gasteiger partial charge in [0.2, 0.25) is 0 Å². The van der Waals surface area contributed by atoms with Crippen molar-refractivity contribution in [1.82, 2.24) is 0 Å². The van der Waals surface area contributed by atoms with E-state index in [2.05, 4.69) is 5.32 Å². The number of anilines is 1. The molecule has 0 bridgehead atoms. The normalized spacial score (nSPS) is 10.7. The summed E-state index contributed by atoms with van der Waals surface area (Å²) >= 11 is 2.61. The number of fused-ring (bicyclic) bond motifs is 1. The number of hydrogen-bond acceptors (Lipinski definition) is 9. The molecule has 4 aromatic rings. The molecule has 3 aromatic heterocycles. The van der Waals surface area contributed by atoms with Gasteiger partial charge >= 0.3 is 17.6 Å². The Kier molecular flexibility index (Phi) is 6.66. The summed E-state index contributed by atoms with van der Waals surface area (Å²) in [5.74, 6) is -2.22. The van der Waals surface area contributed by atoms with Crippen molar-refractivity contribution in [3.63, 3.8) is 0 Å². The fourth-order valence-electron chi connectivity index (χ4n) is 3.04. The van der Waals surface area contributed by atoms with Crippen LogP contribution in [0.2, 0.25) is 0 Å². The van der Waals surface area contributed by atoms with E-state index in [9.17, 15) is 19.2 Å². The Hall–Kier alpha value is -3.76. The molecule has 0 atom stereocenters. The average molecular weight is 484 g/mol. The van der Waals surface area contributed by atoms with Crippen molar-refractivity contribution in [2.45, 2.75) is 6.92 Å². The van der Waals surface area contributed by atoms with Gasteiger partial charge in [0, 0.05) is 21.2 Å². The molecule has 1 N–H and O–H groups in total. The number of hydrogen-bond donors (Lipinski definition) is 1. The number of para-hydroxylation sites is 1. The molecule has 0 aliphatic heterocycles. The van der Waals surface area contributed by atoms with Crippen molar-refractivity contribution in [2.24, 2.45) is 0 Å². The number of nitrogens with one attached hydrogen (secondary N) is 1. The van der Waals surface area contributed by atoms with Crippen LogP contribution < -0.4 is 10.9 Å². The van der Waals surface area contributed by atoms with E-state index in [4.69, 9.17) is 13.9 Å². The Bertz CT molecular complexity index is 1390. The SMILES string of the molecule is CCOC(=O)c1c(-c2cccs2)csc1NC(=O)COC(=O)c1cc2ccccc2oc1=O. The molecule has 3 heterocycles. The monoisotopic (exact) mass is 483 g/mol. The molecule has 1 amide bonds. The van der Waals surface area contributed by atoms with Gasteiger partial charge in [-0.1, -0.05) is 24.3 Å². The van der Waals surface area contributed by atoms with Crippen LogP contribution in [0.4, 0.5) is 5.00 Å².